The van der Waals surface area contributed by atoms with Gasteiger partial charge in [-0.05, 0) is 24.3 Å². The number of piperidine rings is 1. The van der Waals surface area contributed by atoms with E-state index in [0.29, 0.717) is 41.8 Å². The fourth-order valence-corrected chi connectivity index (χ4v) is 3.36. The molecule has 0 atom stereocenters. The lowest BCUT2D eigenvalue weighted by Crippen LogP contribution is -2.41. The molecule has 156 valence electrons. The van der Waals surface area contributed by atoms with Gasteiger partial charge in [-0.2, -0.15) is 5.10 Å². The van der Waals surface area contributed by atoms with Crippen LogP contribution in [0.1, 0.15) is 23.2 Å². The summed E-state index contributed by atoms with van der Waals surface area (Å²) in [6.45, 7) is 1.20. The Morgan fingerprint density at radius 3 is 2.33 bits per heavy atom. The van der Waals surface area contributed by atoms with Gasteiger partial charge < -0.3 is 19.1 Å². The highest BCUT2D eigenvalue weighted by Crippen LogP contribution is 2.25. The highest BCUT2D eigenvalue weighted by atomic mass is 16.5. The van der Waals surface area contributed by atoms with Crippen molar-refractivity contribution in [1.29, 1.82) is 0 Å². The minimum Gasteiger partial charge on any atom is -0.497 e. The molecule has 0 aliphatic carbocycles. The summed E-state index contributed by atoms with van der Waals surface area (Å²) >= 11 is 0. The van der Waals surface area contributed by atoms with Gasteiger partial charge in [-0.3, -0.25) is 4.79 Å². The van der Waals surface area contributed by atoms with Crippen molar-refractivity contribution < 1.29 is 19.0 Å². The third-order valence-corrected chi connectivity index (χ3v) is 4.98. The van der Waals surface area contributed by atoms with Crippen LogP contribution in [0.5, 0.6) is 17.4 Å². The van der Waals surface area contributed by atoms with Gasteiger partial charge in [-0.15, -0.1) is 10.2 Å². The average molecular weight is 409 g/mol. The third-order valence-electron chi connectivity index (χ3n) is 4.98. The van der Waals surface area contributed by atoms with Gasteiger partial charge >= 0.3 is 0 Å². The zero-order valence-corrected chi connectivity index (χ0v) is 16.9. The molecule has 1 aliphatic heterocycles. The van der Waals surface area contributed by atoms with E-state index in [1.165, 1.54) is 0 Å². The summed E-state index contributed by atoms with van der Waals surface area (Å²) in [6, 6.07) is 10.6. The quantitative estimate of drug-likeness (QED) is 0.617. The molecular formula is C21H23N5O4. The van der Waals surface area contributed by atoms with Crippen molar-refractivity contribution in [3.63, 3.8) is 0 Å². The molecule has 3 aromatic rings. The summed E-state index contributed by atoms with van der Waals surface area (Å²) in [5.41, 5.74) is 0.547. The van der Waals surface area contributed by atoms with Gasteiger partial charge in [0.1, 0.15) is 17.6 Å². The number of benzene rings is 1. The van der Waals surface area contributed by atoms with Crippen molar-refractivity contribution in [2.24, 2.45) is 0 Å². The van der Waals surface area contributed by atoms with Crippen molar-refractivity contribution in [3.05, 3.63) is 54.4 Å². The first-order valence-corrected chi connectivity index (χ1v) is 9.69. The molecule has 0 N–H and O–H groups in total. The second-order valence-corrected chi connectivity index (χ2v) is 6.89. The van der Waals surface area contributed by atoms with E-state index in [1.807, 2.05) is 17.0 Å². The van der Waals surface area contributed by atoms with E-state index >= 15 is 0 Å². The molecule has 1 amide bonds. The summed E-state index contributed by atoms with van der Waals surface area (Å²) in [6.07, 6.45) is 4.90. The van der Waals surface area contributed by atoms with Crippen LogP contribution in [0, 0.1) is 0 Å². The smallest absolute Gasteiger partial charge is 0.254 e. The predicted molar refractivity (Wildman–Crippen MR) is 108 cm³/mol. The lowest BCUT2D eigenvalue weighted by molar-refractivity contribution is 0.0585. The Labute approximate surface area is 174 Å². The fraction of sp³-hybridized carbons (Fsp3) is 0.333. The van der Waals surface area contributed by atoms with E-state index in [1.54, 1.807) is 55.6 Å². The highest BCUT2D eigenvalue weighted by Gasteiger charge is 2.25. The molecule has 30 heavy (non-hydrogen) atoms. The van der Waals surface area contributed by atoms with Gasteiger partial charge in [0.05, 0.1) is 14.2 Å². The van der Waals surface area contributed by atoms with E-state index < -0.39 is 0 Å². The first-order valence-electron chi connectivity index (χ1n) is 9.69. The topological polar surface area (TPSA) is 91.6 Å². The molecule has 9 heteroatoms. The van der Waals surface area contributed by atoms with Crippen LogP contribution in [0.3, 0.4) is 0 Å². The number of ether oxygens (including phenoxy) is 3. The molecule has 0 bridgehead atoms. The van der Waals surface area contributed by atoms with Crippen molar-refractivity contribution in [3.8, 4) is 23.2 Å². The van der Waals surface area contributed by atoms with E-state index in [0.717, 1.165) is 12.8 Å². The Hall–Kier alpha value is -3.62. The molecule has 1 aliphatic rings. The maximum Gasteiger partial charge on any atom is 0.254 e. The van der Waals surface area contributed by atoms with E-state index in [2.05, 4.69) is 15.3 Å². The number of amides is 1. The Morgan fingerprint density at radius 2 is 1.77 bits per heavy atom. The van der Waals surface area contributed by atoms with Crippen LogP contribution in [0.2, 0.25) is 0 Å². The Morgan fingerprint density at radius 1 is 1.03 bits per heavy atom. The predicted octanol–water partition coefficient (Wildman–Crippen LogP) is 2.36. The van der Waals surface area contributed by atoms with Gasteiger partial charge in [0, 0.05) is 56.0 Å². The van der Waals surface area contributed by atoms with Gasteiger partial charge in [0.15, 0.2) is 5.82 Å². The van der Waals surface area contributed by atoms with Crippen molar-refractivity contribution in [2.75, 3.05) is 27.3 Å². The lowest BCUT2D eigenvalue weighted by Gasteiger charge is -2.32. The normalized spacial score (nSPS) is 14.4. The molecule has 0 spiro atoms. The van der Waals surface area contributed by atoms with Crippen LogP contribution in [0.4, 0.5) is 0 Å². The molecular weight excluding hydrogens is 386 g/mol. The molecule has 0 unspecified atom stereocenters. The second kappa shape index (κ2) is 8.81. The van der Waals surface area contributed by atoms with Crippen LogP contribution in [-0.2, 0) is 0 Å². The molecule has 4 rings (SSSR count). The Kier molecular flexibility index (Phi) is 5.78. The van der Waals surface area contributed by atoms with E-state index in [9.17, 15) is 4.79 Å². The Balaban J connectivity index is 1.34. The summed E-state index contributed by atoms with van der Waals surface area (Å²) in [5.74, 6) is 2.23. The molecule has 9 nitrogen and oxygen atoms in total. The van der Waals surface area contributed by atoms with Crippen LogP contribution in [0.15, 0.2) is 48.8 Å². The van der Waals surface area contributed by atoms with Crippen molar-refractivity contribution >= 4 is 5.91 Å². The summed E-state index contributed by atoms with van der Waals surface area (Å²) in [4.78, 5) is 14.7. The summed E-state index contributed by atoms with van der Waals surface area (Å²) in [7, 11) is 3.13. The van der Waals surface area contributed by atoms with Gasteiger partial charge in [-0.25, -0.2) is 4.68 Å². The van der Waals surface area contributed by atoms with E-state index in [4.69, 9.17) is 14.2 Å². The first-order chi connectivity index (χ1) is 14.7. The fourth-order valence-electron chi connectivity index (χ4n) is 3.36. The number of aromatic nitrogens is 4. The number of methoxy groups -OCH3 is 2. The largest absolute Gasteiger partial charge is 0.497 e. The van der Waals surface area contributed by atoms with Crippen LogP contribution < -0.4 is 14.2 Å². The maximum atomic E-state index is 12.9. The third kappa shape index (κ3) is 4.35. The second-order valence-electron chi connectivity index (χ2n) is 6.89. The minimum absolute atomic E-state index is 0.0150. The minimum atomic E-state index is -0.0472. The number of likely N-dealkylation sites (tertiary alicyclic amines) is 1. The van der Waals surface area contributed by atoms with Gasteiger partial charge in [0.25, 0.3) is 5.91 Å². The molecule has 2 aromatic heterocycles. The maximum absolute atomic E-state index is 12.9. The monoisotopic (exact) mass is 409 g/mol. The summed E-state index contributed by atoms with van der Waals surface area (Å²) in [5, 5.41) is 12.4. The molecule has 3 heterocycles. The van der Waals surface area contributed by atoms with Crippen molar-refractivity contribution in [1.82, 2.24) is 24.9 Å². The Bertz CT molecular complexity index is 961. The highest BCUT2D eigenvalue weighted by molar-refractivity contribution is 5.95. The molecule has 0 saturated carbocycles. The number of rotatable bonds is 6. The SMILES string of the molecule is COc1cc(OC)cc(C(=O)N2CCC(Oc3ccc(-n4cccn4)nn3)CC2)c1. The molecule has 0 radical (unpaired) electrons. The first kappa shape index (κ1) is 19.7. The number of carbonyl (C=O) groups is 1. The number of hydrogen-bond acceptors (Lipinski definition) is 7. The lowest BCUT2D eigenvalue weighted by atomic mass is 10.1. The van der Waals surface area contributed by atoms with Crippen LogP contribution in [0.25, 0.3) is 5.82 Å². The van der Waals surface area contributed by atoms with Crippen LogP contribution >= 0.6 is 0 Å². The summed E-state index contributed by atoms with van der Waals surface area (Å²) < 4.78 is 18.1. The number of nitrogens with zero attached hydrogens (tertiary/aromatic N) is 5. The average Bonchev–Trinajstić information content (AvgIpc) is 3.34. The zero-order valence-electron chi connectivity index (χ0n) is 16.9. The van der Waals surface area contributed by atoms with Gasteiger partial charge in [-0.1, -0.05) is 0 Å². The van der Waals surface area contributed by atoms with Gasteiger partial charge in [0.2, 0.25) is 5.88 Å². The number of hydrogen-bond donors (Lipinski definition) is 0. The number of carbonyl (C=O) groups excluding carboxylic acids is 1. The molecule has 1 fully saturated rings. The zero-order chi connectivity index (χ0) is 20.9. The molecule has 1 aromatic carbocycles. The van der Waals surface area contributed by atoms with Crippen LogP contribution in [-0.4, -0.2) is 64.2 Å². The molecule has 1 saturated heterocycles. The standard InChI is InChI=1S/C21H23N5O4/c1-28-17-12-15(13-18(14-17)29-2)21(27)25-10-6-16(7-11-25)30-20-5-4-19(23-24-20)26-9-3-8-22-26/h3-5,8-9,12-14,16H,6-7,10-11H2,1-2H3. The van der Waals surface area contributed by atoms with Crippen molar-refractivity contribution in [2.45, 2.75) is 18.9 Å². The van der Waals surface area contributed by atoms with E-state index in [-0.39, 0.29) is 12.0 Å².